The Labute approximate surface area is 121 Å². The zero-order valence-corrected chi connectivity index (χ0v) is 11.5. The summed E-state index contributed by atoms with van der Waals surface area (Å²) in [7, 11) is 0. The van der Waals surface area contributed by atoms with Gasteiger partial charge in [-0.1, -0.05) is 6.07 Å². The van der Waals surface area contributed by atoms with Crippen molar-refractivity contribution >= 4 is 23.1 Å². The summed E-state index contributed by atoms with van der Waals surface area (Å²) in [4.78, 5) is 12.8. The van der Waals surface area contributed by atoms with Gasteiger partial charge in [-0.15, -0.1) is 0 Å². The van der Waals surface area contributed by atoms with Crippen molar-refractivity contribution in [2.45, 2.75) is 13.5 Å². The average Bonchev–Trinajstić information content (AvgIpc) is 2.76. The Morgan fingerprint density at radius 1 is 1.24 bits per heavy atom. The maximum Gasteiger partial charge on any atom is 0.221 e. The SMILES string of the molecule is CC(=O)Nc1ccc(N2Cc3ccc(F)cc3C2=N)cc1. The molecule has 0 atom stereocenters. The summed E-state index contributed by atoms with van der Waals surface area (Å²) in [5.74, 6) is -0.169. The van der Waals surface area contributed by atoms with Crippen LogP contribution in [0.4, 0.5) is 15.8 Å². The van der Waals surface area contributed by atoms with Gasteiger partial charge in [0.1, 0.15) is 11.7 Å². The number of carbonyl (C=O) groups is 1. The summed E-state index contributed by atoms with van der Waals surface area (Å²) in [6.45, 7) is 2.00. The number of hydrogen-bond acceptors (Lipinski definition) is 2. The van der Waals surface area contributed by atoms with Crippen LogP contribution in [0.3, 0.4) is 0 Å². The molecule has 106 valence electrons. The van der Waals surface area contributed by atoms with Gasteiger partial charge in [0.2, 0.25) is 5.91 Å². The monoisotopic (exact) mass is 283 g/mol. The fraction of sp³-hybridized carbons (Fsp3) is 0.125. The van der Waals surface area contributed by atoms with Crippen molar-refractivity contribution in [3.05, 3.63) is 59.4 Å². The van der Waals surface area contributed by atoms with E-state index in [1.165, 1.54) is 19.1 Å². The van der Waals surface area contributed by atoms with Crippen LogP contribution in [0.15, 0.2) is 42.5 Å². The summed E-state index contributed by atoms with van der Waals surface area (Å²) in [5, 5.41) is 10.9. The molecule has 1 aliphatic heterocycles. The van der Waals surface area contributed by atoms with Gasteiger partial charge in [-0.2, -0.15) is 0 Å². The minimum absolute atomic E-state index is 0.125. The molecule has 1 amide bonds. The molecule has 2 N–H and O–H groups in total. The van der Waals surface area contributed by atoms with Crippen LogP contribution in [0.25, 0.3) is 0 Å². The topological polar surface area (TPSA) is 56.2 Å². The summed E-state index contributed by atoms with van der Waals surface area (Å²) in [5.41, 5.74) is 3.11. The maximum absolute atomic E-state index is 13.3. The first-order chi connectivity index (χ1) is 10.0. The molecule has 0 saturated carbocycles. The van der Waals surface area contributed by atoms with E-state index in [2.05, 4.69) is 5.32 Å². The van der Waals surface area contributed by atoms with Gasteiger partial charge in [0.25, 0.3) is 0 Å². The van der Waals surface area contributed by atoms with Crippen molar-refractivity contribution in [2.24, 2.45) is 0 Å². The molecule has 0 aromatic heterocycles. The van der Waals surface area contributed by atoms with E-state index < -0.39 is 0 Å². The smallest absolute Gasteiger partial charge is 0.221 e. The number of amidine groups is 1. The second-order valence-corrected chi connectivity index (χ2v) is 4.96. The van der Waals surface area contributed by atoms with Crippen LogP contribution in [-0.4, -0.2) is 11.7 Å². The Morgan fingerprint density at radius 3 is 2.62 bits per heavy atom. The zero-order valence-electron chi connectivity index (χ0n) is 11.5. The normalized spacial score (nSPS) is 13.2. The van der Waals surface area contributed by atoms with Crippen LogP contribution in [0, 0.1) is 11.2 Å². The van der Waals surface area contributed by atoms with E-state index in [-0.39, 0.29) is 17.6 Å². The van der Waals surface area contributed by atoms with Crippen molar-refractivity contribution < 1.29 is 9.18 Å². The Morgan fingerprint density at radius 2 is 1.95 bits per heavy atom. The van der Waals surface area contributed by atoms with E-state index >= 15 is 0 Å². The number of hydrogen-bond donors (Lipinski definition) is 2. The Balaban J connectivity index is 1.86. The molecule has 0 aliphatic carbocycles. The first kappa shape index (κ1) is 13.3. The van der Waals surface area contributed by atoms with E-state index in [4.69, 9.17) is 5.41 Å². The molecule has 1 aliphatic rings. The lowest BCUT2D eigenvalue weighted by molar-refractivity contribution is -0.114. The highest BCUT2D eigenvalue weighted by atomic mass is 19.1. The fourth-order valence-corrected chi connectivity index (χ4v) is 2.45. The van der Waals surface area contributed by atoms with Crippen molar-refractivity contribution in [3.8, 4) is 0 Å². The van der Waals surface area contributed by atoms with Crippen LogP contribution in [0.5, 0.6) is 0 Å². The minimum atomic E-state index is -0.332. The van der Waals surface area contributed by atoms with Gasteiger partial charge in [-0.3, -0.25) is 10.2 Å². The van der Waals surface area contributed by atoms with Gasteiger partial charge in [0.15, 0.2) is 0 Å². The van der Waals surface area contributed by atoms with E-state index in [0.717, 1.165) is 11.3 Å². The third-order valence-corrected chi connectivity index (χ3v) is 3.42. The van der Waals surface area contributed by atoms with Gasteiger partial charge < -0.3 is 10.2 Å². The number of carbonyl (C=O) groups excluding carboxylic acids is 1. The second kappa shape index (κ2) is 5.01. The van der Waals surface area contributed by atoms with Crippen molar-refractivity contribution in [2.75, 3.05) is 10.2 Å². The van der Waals surface area contributed by atoms with Gasteiger partial charge in [0.05, 0.1) is 6.54 Å². The largest absolute Gasteiger partial charge is 0.326 e. The second-order valence-electron chi connectivity index (χ2n) is 4.96. The number of benzene rings is 2. The van der Waals surface area contributed by atoms with Crippen molar-refractivity contribution in [1.29, 1.82) is 5.41 Å². The number of amides is 1. The molecule has 0 unspecified atom stereocenters. The Kier molecular flexibility index (Phi) is 3.17. The molecule has 2 aromatic carbocycles. The van der Waals surface area contributed by atoms with Crippen LogP contribution in [-0.2, 0) is 11.3 Å². The van der Waals surface area contributed by atoms with Crippen molar-refractivity contribution in [3.63, 3.8) is 0 Å². The molecule has 0 radical (unpaired) electrons. The highest BCUT2D eigenvalue weighted by molar-refractivity contribution is 6.11. The third-order valence-electron chi connectivity index (χ3n) is 3.42. The third kappa shape index (κ3) is 2.50. The average molecular weight is 283 g/mol. The fourth-order valence-electron chi connectivity index (χ4n) is 2.45. The number of rotatable bonds is 2. The summed E-state index contributed by atoms with van der Waals surface area (Å²) in [6.07, 6.45) is 0. The molecular weight excluding hydrogens is 269 g/mol. The number of anilines is 2. The van der Waals surface area contributed by atoms with Crippen LogP contribution in [0.2, 0.25) is 0 Å². The van der Waals surface area contributed by atoms with Crippen LogP contribution < -0.4 is 10.2 Å². The van der Waals surface area contributed by atoms with E-state index in [9.17, 15) is 9.18 Å². The number of nitrogens with one attached hydrogen (secondary N) is 2. The maximum atomic E-state index is 13.3. The molecule has 21 heavy (non-hydrogen) atoms. The number of halogens is 1. The molecule has 0 saturated heterocycles. The van der Waals surface area contributed by atoms with E-state index in [1.807, 2.05) is 17.0 Å². The minimum Gasteiger partial charge on any atom is -0.326 e. The summed E-state index contributed by atoms with van der Waals surface area (Å²) in [6, 6.07) is 11.8. The lowest BCUT2D eigenvalue weighted by Crippen LogP contribution is -2.23. The first-order valence-corrected chi connectivity index (χ1v) is 6.57. The molecule has 3 rings (SSSR count). The van der Waals surface area contributed by atoms with Gasteiger partial charge in [-0.25, -0.2) is 4.39 Å². The lowest BCUT2D eigenvalue weighted by atomic mass is 10.1. The Hall–Kier alpha value is -2.69. The predicted octanol–water partition coefficient (Wildman–Crippen LogP) is 3.13. The molecule has 4 nitrogen and oxygen atoms in total. The highest BCUT2D eigenvalue weighted by Crippen LogP contribution is 2.29. The zero-order chi connectivity index (χ0) is 15.0. The molecule has 1 heterocycles. The molecule has 5 heteroatoms. The quantitative estimate of drug-likeness (QED) is 0.889. The van der Waals surface area contributed by atoms with E-state index in [0.29, 0.717) is 17.8 Å². The van der Waals surface area contributed by atoms with Gasteiger partial charge >= 0.3 is 0 Å². The number of nitrogens with zero attached hydrogens (tertiary/aromatic N) is 1. The van der Waals surface area contributed by atoms with Crippen molar-refractivity contribution in [1.82, 2.24) is 0 Å². The lowest BCUT2D eigenvalue weighted by Gasteiger charge is -2.18. The highest BCUT2D eigenvalue weighted by Gasteiger charge is 2.25. The first-order valence-electron chi connectivity index (χ1n) is 6.57. The molecule has 2 aromatic rings. The predicted molar refractivity (Wildman–Crippen MR) is 80.2 cm³/mol. The molecule has 0 spiro atoms. The Bertz CT molecular complexity index is 725. The molecular formula is C16H14FN3O. The molecule has 0 fully saturated rings. The van der Waals surface area contributed by atoms with E-state index in [1.54, 1.807) is 18.2 Å². The van der Waals surface area contributed by atoms with Crippen LogP contribution in [0.1, 0.15) is 18.1 Å². The summed E-state index contributed by atoms with van der Waals surface area (Å²) < 4.78 is 13.3. The van der Waals surface area contributed by atoms with Gasteiger partial charge in [-0.05, 0) is 42.0 Å². The molecule has 0 bridgehead atoms. The standard InChI is InChI=1S/C16H14FN3O/c1-10(21)19-13-4-6-14(7-5-13)20-9-11-2-3-12(17)8-15(11)16(20)18/h2-8,18H,9H2,1H3,(H,19,21). The summed E-state index contributed by atoms with van der Waals surface area (Å²) >= 11 is 0. The van der Waals surface area contributed by atoms with Gasteiger partial charge in [0, 0.05) is 23.9 Å². The number of fused-ring (bicyclic) bond motifs is 1. The van der Waals surface area contributed by atoms with Crippen LogP contribution >= 0.6 is 0 Å².